The van der Waals surface area contributed by atoms with Gasteiger partial charge in [0, 0.05) is 32.9 Å². The van der Waals surface area contributed by atoms with Crippen molar-refractivity contribution in [2.45, 2.75) is 12.8 Å². The SMILES string of the molecule is COCC1CCN(C(=O)C=Cc2csc(Br)c2)CC1. The predicted octanol–water partition coefficient (Wildman–Crippen LogP) is 3.41. The number of amides is 1. The van der Waals surface area contributed by atoms with Gasteiger partial charge in [0.05, 0.1) is 3.79 Å². The van der Waals surface area contributed by atoms with Crippen LogP contribution < -0.4 is 0 Å². The van der Waals surface area contributed by atoms with Crippen molar-refractivity contribution in [3.05, 3.63) is 26.9 Å². The average molecular weight is 344 g/mol. The van der Waals surface area contributed by atoms with Gasteiger partial charge in [-0.2, -0.15) is 0 Å². The zero-order chi connectivity index (χ0) is 13.7. The maximum atomic E-state index is 12.0. The van der Waals surface area contributed by atoms with Crippen LogP contribution in [0.2, 0.25) is 0 Å². The van der Waals surface area contributed by atoms with Crippen LogP contribution in [-0.2, 0) is 9.53 Å². The molecule has 0 aromatic carbocycles. The van der Waals surface area contributed by atoms with Gasteiger partial charge in [-0.25, -0.2) is 0 Å². The van der Waals surface area contributed by atoms with E-state index >= 15 is 0 Å². The molecule has 0 aliphatic carbocycles. The summed E-state index contributed by atoms with van der Waals surface area (Å²) in [5.74, 6) is 0.712. The van der Waals surface area contributed by atoms with Crippen molar-refractivity contribution in [1.29, 1.82) is 0 Å². The molecule has 0 bridgehead atoms. The number of piperidine rings is 1. The minimum Gasteiger partial charge on any atom is -0.384 e. The van der Waals surface area contributed by atoms with E-state index in [2.05, 4.69) is 15.9 Å². The molecule has 1 amide bonds. The van der Waals surface area contributed by atoms with Crippen molar-refractivity contribution in [3.63, 3.8) is 0 Å². The van der Waals surface area contributed by atoms with Crippen molar-refractivity contribution in [2.24, 2.45) is 5.92 Å². The van der Waals surface area contributed by atoms with Crippen molar-refractivity contribution in [3.8, 4) is 0 Å². The lowest BCUT2D eigenvalue weighted by Crippen LogP contribution is -2.38. The molecule has 2 heterocycles. The molecule has 1 aromatic heterocycles. The standard InChI is InChI=1S/C14H18BrNO2S/c1-18-9-11-4-6-16(7-5-11)14(17)3-2-12-8-13(15)19-10-12/h2-3,8,10-11H,4-7,9H2,1H3. The van der Waals surface area contributed by atoms with Crippen LogP contribution in [0.1, 0.15) is 18.4 Å². The monoisotopic (exact) mass is 343 g/mol. The minimum absolute atomic E-state index is 0.109. The summed E-state index contributed by atoms with van der Waals surface area (Å²) < 4.78 is 6.25. The van der Waals surface area contributed by atoms with Crippen LogP contribution in [0.25, 0.3) is 6.08 Å². The van der Waals surface area contributed by atoms with Gasteiger partial charge in [-0.3, -0.25) is 4.79 Å². The van der Waals surface area contributed by atoms with Gasteiger partial charge in [-0.15, -0.1) is 11.3 Å². The Balaban J connectivity index is 1.83. The molecule has 1 aliphatic rings. The highest BCUT2D eigenvalue weighted by molar-refractivity contribution is 9.11. The molecule has 3 nitrogen and oxygen atoms in total. The highest BCUT2D eigenvalue weighted by atomic mass is 79.9. The van der Waals surface area contributed by atoms with E-state index in [1.165, 1.54) is 0 Å². The number of hydrogen-bond acceptors (Lipinski definition) is 3. The molecule has 5 heteroatoms. The third kappa shape index (κ3) is 4.44. The largest absolute Gasteiger partial charge is 0.384 e. The molecule has 1 aromatic rings. The number of likely N-dealkylation sites (tertiary alicyclic amines) is 1. The fraction of sp³-hybridized carbons (Fsp3) is 0.500. The number of ether oxygens (including phenoxy) is 1. The predicted molar refractivity (Wildman–Crippen MR) is 82.2 cm³/mol. The fourth-order valence-corrected chi connectivity index (χ4v) is 3.38. The Morgan fingerprint density at radius 2 is 2.32 bits per heavy atom. The molecular weight excluding hydrogens is 326 g/mol. The highest BCUT2D eigenvalue weighted by Gasteiger charge is 2.21. The van der Waals surface area contributed by atoms with Crippen LogP contribution in [0.15, 0.2) is 21.3 Å². The van der Waals surface area contributed by atoms with Gasteiger partial charge in [0.1, 0.15) is 0 Å². The minimum atomic E-state index is 0.109. The quantitative estimate of drug-likeness (QED) is 0.784. The van der Waals surface area contributed by atoms with Crippen LogP contribution >= 0.6 is 27.3 Å². The van der Waals surface area contributed by atoms with Crippen LogP contribution in [0.3, 0.4) is 0 Å². The first-order valence-corrected chi connectivity index (χ1v) is 8.06. The first kappa shape index (κ1) is 14.8. The molecule has 1 aliphatic heterocycles. The molecule has 1 saturated heterocycles. The van der Waals surface area contributed by atoms with Gasteiger partial charge in [0.25, 0.3) is 0 Å². The van der Waals surface area contributed by atoms with E-state index in [1.807, 2.05) is 22.4 Å². The van der Waals surface area contributed by atoms with Crippen LogP contribution in [0.5, 0.6) is 0 Å². The third-order valence-electron chi connectivity index (χ3n) is 3.33. The zero-order valence-electron chi connectivity index (χ0n) is 11.0. The highest BCUT2D eigenvalue weighted by Crippen LogP contribution is 2.22. The van der Waals surface area contributed by atoms with E-state index in [0.717, 1.165) is 41.9 Å². The maximum Gasteiger partial charge on any atom is 0.246 e. The Morgan fingerprint density at radius 1 is 1.58 bits per heavy atom. The smallest absolute Gasteiger partial charge is 0.246 e. The summed E-state index contributed by atoms with van der Waals surface area (Å²) in [6.07, 6.45) is 5.63. The van der Waals surface area contributed by atoms with Crippen molar-refractivity contribution >= 4 is 39.2 Å². The Morgan fingerprint density at radius 3 is 2.89 bits per heavy atom. The number of thiophene rings is 1. The summed E-state index contributed by atoms with van der Waals surface area (Å²) in [4.78, 5) is 14.0. The van der Waals surface area contributed by atoms with Crippen molar-refractivity contribution in [1.82, 2.24) is 4.90 Å². The van der Waals surface area contributed by atoms with Gasteiger partial charge in [0.15, 0.2) is 0 Å². The topological polar surface area (TPSA) is 29.5 Å². The van der Waals surface area contributed by atoms with Gasteiger partial charge >= 0.3 is 0 Å². The lowest BCUT2D eigenvalue weighted by Gasteiger charge is -2.30. The lowest BCUT2D eigenvalue weighted by atomic mass is 9.98. The fourth-order valence-electron chi connectivity index (χ4n) is 2.24. The maximum absolute atomic E-state index is 12.0. The van der Waals surface area contributed by atoms with E-state index in [4.69, 9.17) is 4.74 Å². The summed E-state index contributed by atoms with van der Waals surface area (Å²) >= 11 is 5.04. The second-order valence-corrected chi connectivity index (χ2v) is 7.03. The molecule has 104 valence electrons. The van der Waals surface area contributed by atoms with Gasteiger partial charge < -0.3 is 9.64 Å². The van der Waals surface area contributed by atoms with Crippen LogP contribution in [-0.4, -0.2) is 37.6 Å². The Kier molecular flexibility index (Phi) is 5.60. The Hall–Kier alpha value is -0.650. The molecular formula is C14H18BrNO2S. The molecule has 0 saturated carbocycles. The molecule has 0 spiro atoms. The number of hydrogen-bond donors (Lipinski definition) is 0. The number of halogens is 1. The summed E-state index contributed by atoms with van der Waals surface area (Å²) in [5.41, 5.74) is 1.07. The number of rotatable bonds is 4. The van der Waals surface area contributed by atoms with E-state index in [9.17, 15) is 4.79 Å². The molecule has 0 unspecified atom stereocenters. The first-order valence-electron chi connectivity index (χ1n) is 6.39. The third-order valence-corrected chi connectivity index (χ3v) is 4.86. The van der Waals surface area contributed by atoms with Crippen molar-refractivity contribution < 1.29 is 9.53 Å². The van der Waals surface area contributed by atoms with E-state index in [-0.39, 0.29) is 5.91 Å². The normalized spacial score (nSPS) is 17.3. The lowest BCUT2D eigenvalue weighted by molar-refractivity contribution is -0.127. The zero-order valence-corrected chi connectivity index (χ0v) is 13.4. The van der Waals surface area contributed by atoms with Gasteiger partial charge in [-0.05, 0) is 57.8 Å². The molecule has 0 radical (unpaired) electrons. The summed E-state index contributed by atoms with van der Waals surface area (Å²) in [6, 6.07) is 2.01. The van der Waals surface area contributed by atoms with Crippen molar-refractivity contribution in [2.75, 3.05) is 26.8 Å². The second kappa shape index (κ2) is 7.22. The van der Waals surface area contributed by atoms with Crippen LogP contribution in [0, 0.1) is 5.92 Å². The van der Waals surface area contributed by atoms with Crippen LogP contribution in [0.4, 0.5) is 0 Å². The Bertz CT molecular complexity index is 450. The van der Waals surface area contributed by atoms with E-state index in [0.29, 0.717) is 5.92 Å². The number of methoxy groups -OCH3 is 1. The molecule has 0 atom stereocenters. The number of carbonyl (C=O) groups excluding carboxylic acids is 1. The number of nitrogens with zero attached hydrogens (tertiary/aromatic N) is 1. The summed E-state index contributed by atoms with van der Waals surface area (Å²) in [5, 5.41) is 2.03. The molecule has 0 N–H and O–H groups in total. The molecule has 1 fully saturated rings. The van der Waals surface area contributed by atoms with Gasteiger partial charge in [0.2, 0.25) is 5.91 Å². The molecule has 2 rings (SSSR count). The summed E-state index contributed by atoms with van der Waals surface area (Å²) in [6.45, 7) is 2.48. The second-order valence-electron chi connectivity index (χ2n) is 4.74. The van der Waals surface area contributed by atoms with Gasteiger partial charge in [-0.1, -0.05) is 0 Å². The van der Waals surface area contributed by atoms with E-state index in [1.54, 1.807) is 24.5 Å². The summed E-state index contributed by atoms with van der Waals surface area (Å²) in [7, 11) is 1.74. The first-order chi connectivity index (χ1) is 9.19. The number of carbonyl (C=O) groups is 1. The Labute approximate surface area is 126 Å². The molecule has 19 heavy (non-hydrogen) atoms. The average Bonchev–Trinajstić information content (AvgIpc) is 2.83. The van der Waals surface area contributed by atoms with E-state index < -0.39 is 0 Å².